The molecule has 2 rings (SSSR count). The quantitative estimate of drug-likeness (QED) is 0.843. The molecular formula is C13H19N3O2. The third-order valence-electron chi connectivity index (χ3n) is 3.20. The molecule has 1 N–H and O–H groups in total. The molecule has 1 saturated heterocycles. The van der Waals surface area contributed by atoms with Crippen molar-refractivity contribution in [2.24, 2.45) is 0 Å². The van der Waals surface area contributed by atoms with E-state index in [0.29, 0.717) is 19.7 Å². The summed E-state index contributed by atoms with van der Waals surface area (Å²) in [6, 6.07) is 3.58. The Labute approximate surface area is 107 Å². The summed E-state index contributed by atoms with van der Waals surface area (Å²) in [5.41, 5.74) is 1.04. The highest BCUT2D eigenvalue weighted by Crippen LogP contribution is 2.12. The molecule has 1 aromatic heterocycles. The topological polar surface area (TPSA) is 54.5 Å². The van der Waals surface area contributed by atoms with E-state index in [0.717, 1.165) is 5.56 Å². The summed E-state index contributed by atoms with van der Waals surface area (Å²) in [6.45, 7) is 3.70. The molecule has 2 unspecified atom stereocenters. The van der Waals surface area contributed by atoms with Crippen LogP contribution in [0.3, 0.4) is 0 Å². The Morgan fingerprint density at radius 3 is 3.11 bits per heavy atom. The molecule has 0 aromatic carbocycles. The second-order valence-corrected chi connectivity index (χ2v) is 4.46. The molecule has 1 amide bonds. The van der Waals surface area contributed by atoms with Gasteiger partial charge in [0.1, 0.15) is 6.04 Å². The maximum Gasteiger partial charge on any atom is 0.242 e. The van der Waals surface area contributed by atoms with Crippen LogP contribution in [0.15, 0.2) is 24.5 Å². The lowest BCUT2D eigenvalue weighted by molar-refractivity contribution is -0.134. The third kappa shape index (κ3) is 2.86. The maximum absolute atomic E-state index is 12.4. The predicted octanol–water partition coefficient (Wildman–Crippen LogP) is 0.417. The van der Waals surface area contributed by atoms with Gasteiger partial charge in [-0.05, 0) is 25.6 Å². The number of nitrogens with one attached hydrogen (secondary N) is 1. The van der Waals surface area contributed by atoms with E-state index in [1.54, 1.807) is 19.4 Å². The average Bonchev–Trinajstić information content (AvgIpc) is 2.51. The van der Waals surface area contributed by atoms with E-state index >= 15 is 0 Å². The van der Waals surface area contributed by atoms with E-state index in [1.165, 1.54) is 0 Å². The van der Waals surface area contributed by atoms with Crippen LogP contribution in [0.2, 0.25) is 0 Å². The van der Waals surface area contributed by atoms with Crippen molar-refractivity contribution in [3.63, 3.8) is 0 Å². The molecule has 18 heavy (non-hydrogen) atoms. The van der Waals surface area contributed by atoms with Gasteiger partial charge < -0.3 is 15.0 Å². The van der Waals surface area contributed by atoms with Gasteiger partial charge in [0, 0.05) is 25.5 Å². The van der Waals surface area contributed by atoms with Crippen molar-refractivity contribution >= 4 is 5.91 Å². The van der Waals surface area contributed by atoms with Crippen molar-refractivity contribution in [2.45, 2.75) is 25.6 Å². The number of hydrogen-bond acceptors (Lipinski definition) is 4. The summed E-state index contributed by atoms with van der Waals surface area (Å²) in [5, 5.41) is 3.03. The van der Waals surface area contributed by atoms with Crippen LogP contribution >= 0.6 is 0 Å². The van der Waals surface area contributed by atoms with E-state index in [1.807, 2.05) is 24.0 Å². The number of rotatable bonds is 3. The summed E-state index contributed by atoms with van der Waals surface area (Å²) in [4.78, 5) is 18.2. The van der Waals surface area contributed by atoms with Crippen LogP contribution in [-0.4, -0.2) is 48.1 Å². The number of ether oxygens (including phenoxy) is 1. The van der Waals surface area contributed by atoms with Crippen LogP contribution in [0.4, 0.5) is 0 Å². The van der Waals surface area contributed by atoms with E-state index in [-0.39, 0.29) is 18.1 Å². The summed E-state index contributed by atoms with van der Waals surface area (Å²) in [6.07, 6.45) is 3.42. The van der Waals surface area contributed by atoms with Gasteiger partial charge in [0.15, 0.2) is 0 Å². The van der Waals surface area contributed by atoms with Gasteiger partial charge in [-0.25, -0.2) is 0 Å². The second kappa shape index (κ2) is 5.93. The molecule has 1 aliphatic rings. The number of carbonyl (C=O) groups excluding carboxylic acids is 1. The lowest BCUT2D eigenvalue weighted by atomic mass is 10.1. The van der Waals surface area contributed by atoms with Gasteiger partial charge in [0.05, 0.1) is 12.7 Å². The largest absolute Gasteiger partial charge is 0.374 e. The Morgan fingerprint density at radius 2 is 2.44 bits per heavy atom. The molecule has 5 heteroatoms. The van der Waals surface area contributed by atoms with Crippen molar-refractivity contribution in [1.82, 2.24) is 15.2 Å². The minimum absolute atomic E-state index is 0.0892. The van der Waals surface area contributed by atoms with Gasteiger partial charge in [0.25, 0.3) is 0 Å². The van der Waals surface area contributed by atoms with E-state index in [4.69, 9.17) is 4.74 Å². The minimum Gasteiger partial charge on any atom is -0.374 e. The fraction of sp³-hybridized carbons (Fsp3) is 0.538. The van der Waals surface area contributed by atoms with Crippen LogP contribution in [-0.2, 0) is 16.1 Å². The maximum atomic E-state index is 12.4. The predicted molar refractivity (Wildman–Crippen MR) is 67.9 cm³/mol. The molecule has 1 fully saturated rings. The Kier molecular flexibility index (Phi) is 4.28. The highest BCUT2D eigenvalue weighted by atomic mass is 16.5. The fourth-order valence-corrected chi connectivity index (χ4v) is 2.18. The highest BCUT2D eigenvalue weighted by molar-refractivity contribution is 5.82. The lowest BCUT2D eigenvalue weighted by Gasteiger charge is -2.25. The van der Waals surface area contributed by atoms with Crippen LogP contribution in [0.5, 0.6) is 0 Å². The van der Waals surface area contributed by atoms with Crippen LogP contribution < -0.4 is 5.32 Å². The Hall–Kier alpha value is -1.46. The van der Waals surface area contributed by atoms with Crippen molar-refractivity contribution in [3.05, 3.63) is 30.1 Å². The van der Waals surface area contributed by atoms with Crippen LogP contribution in [0.1, 0.15) is 12.5 Å². The molecule has 2 atom stereocenters. The lowest BCUT2D eigenvalue weighted by Crippen LogP contribution is -2.48. The zero-order valence-electron chi connectivity index (χ0n) is 10.8. The first-order valence-corrected chi connectivity index (χ1v) is 6.19. The summed E-state index contributed by atoms with van der Waals surface area (Å²) in [7, 11) is 1.79. The molecule has 0 bridgehead atoms. The average molecular weight is 249 g/mol. The van der Waals surface area contributed by atoms with Gasteiger partial charge in [0.2, 0.25) is 5.91 Å². The molecule has 5 nitrogen and oxygen atoms in total. The second-order valence-electron chi connectivity index (χ2n) is 4.46. The third-order valence-corrected chi connectivity index (χ3v) is 3.20. The van der Waals surface area contributed by atoms with Crippen molar-refractivity contribution < 1.29 is 9.53 Å². The van der Waals surface area contributed by atoms with E-state index < -0.39 is 0 Å². The summed E-state index contributed by atoms with van der Waals surface area (Å²) in [5.74, 6) is 0.0892. The standard InChI is InChI=1S/C13H19N3O2/c1-10-12(14-2)13(17)16(6-7-18-10)9-11-4-3-5-15-8-11/h3-5,8,10,12,14H,6-7,9H2,1-2H3. The monoisotopic (exact) mass is 249 g/mol. The zero-order valence-corrected chi connectivity index (χ0v) is 10.8. The molecule has 0 spiro atoms. The molecule has 2 heterocycles. The van der Waals surface area contributed by atoms with E-state index in [9.17, 15) is 4.79 Å². The van der Waals surface area contributed by atoms with Crippen LogP contribution in [0.25, 0.3) is 0 Å². The summed E-state index contributed by atoms with van der Waals surface area (Å²) < 4.78 is 5.60. The van der Waals surface area contributed by atoms with Gasteiger partial charge >= 0.3 is 0 Å². The highest BCUT2D eigenvalue weighted by Gasteiger charge is 2.31. The molecule has 0 saturated carbocycles. The number of likely N-dealkylation sites (N-methyl/N-ethyl adjacent to an activating group) is 1. The number of pyridine rings is 1. The smallest absolute Gasteiger partial charge is 0.242 e. The molecular weight excluding hydrogens is 230 g/mol. The molecule has 0 radical (unpaired) electrons. The number of amides is 1. The first kappa shape index (κ1) is 13.0. The number of nitrogens with zero attached hydrogens (tertiary/aromatic N) is 2. The Bertz CT molecular complexity index is 396. The number of carbonyl (C=O) groups is 1. The fourth-order valence-electron chi connectivity index (χ4n) is 2.18. The normalized spacial score (nSPS) is 25.0. The number of aromatic nitrogens is 1. The first-order chi connectivity index (χ1) is 8.72. The minimum atomic E-state index is -0.274. The molecule has 1 aromatic rings. The van der Waals surface area contributed by atoms with E-state index in [2.05, 4.69) is 10.3 Å². The van der Waals surface area contributed by atoms with Crippen molar-refractivity contribution in [2.75, 3.05) is 20.2 Å². The zero-order chi connectivity index (χ0) is 13.0. The van der Waals surface area contributed by atoms with Gasteiger partial charge in [-0.15, -0.1) is 0 Å². The van der Waals surface area contributed by atoms with Crippen molar-refractivity contribution in [3.8, 4) is 0 Å². The van der Waals surface area contributed by atoms with Crippen molar-refractivity contribution in [1.29, 1.82) is 0 Å². The Morgan fingerprint density at radius 1 is 1.61 bits per heavy atom. The number of hydrogen-bond donors (Lipinski definition) is 1. The molecule has 1 aliphatic heterocycles. The van der Waals surface area contributed by atoms with Gasteiger partial charge in [-0.3, -0.25) is 9.78 Å². The SMILES string of the molecule is CNC1C(=O)N(Cc2cccnc2)CCOC1C. The molecule has 0 aliphatic carbocycles. The summed E-state index contributed by atoms with van der Waals surface area (Å²) >= 11 is 0. The van der Waals surface area contributed by atoms with Crippen LogP contribution in [0, 0.1) is 0 Å². The first-order valence-electron chi connectivity index (χ1n) is 6.19. The van der Waals surface area contributed by atoms with Gasteiger partial charge in [-0.2, -0.15) is 0 Å². The van der Waals surface area contributed by atoms with Gasteiger partial charge in [-0.1, -0.05) is 6.07 Å². The Balaban J connectivity index is 2.10. The molecule has 98 valence electrons.